The topological polar surface area (TPSA) is 90.0 Å². The van der Waals surface area contributed by atoms with Crippen molar-refractivity contribution in [2.24, 2.45) is 12.8 Å². The second kappa shape index (κ2) is 3.04. The molecule has 3 N–H and O–H groups in total. The molecule has 0 bridgehead atoms. The normalized spacial score (nSPS) is 9.42. The Hall–Kier alpha value is -1.85. The molecule has 0 aliphatic rings. The predicted octanol–water partition coefficient (Wildman–Crippen LogP) is -0.771. The molecule has 1 rings (SSSR count). The Kier molecular flexibility index (Phi) is 2.09. The quantitative estimate of drug-likeness (QED) is 0.576. The maximum absolute atomic E-state index is 11.0. The van der Waals surface area contributed by atoms with Crippen LogP contribution in [0.2, 0.25) is 0 Å². The van der Waals surface area contributed by atoms with Gasteiger partial charge >= 0.3 is 6.03 Å². The van der Waals surface area contributed by atoms with Gasteiger partial charge in [-0.05, 0) is 6.07 Å². The van der Waals surface area contributed by atoms with Crippen molar-refractivity contribution in [3.8, 4) is 0 Å². The zero-order valence-corrected chi connectivity index (χ0v) is 6.44. The molecule has 1 aromatic heterocycles. The molecular formula is C6H8N4O2. The minimum absolute atomic E-state index is 0.163. The van der Waals surface area contributed by atoms with Crippen molar-refractivity contribution >= 4 is 11.9 Å². The number of urea groups is 1. The number of carbonyl (C=O) groups excluding carboxylic acids is 2. The lowest BCUT2D eigenvalue weighted by Crippen LogP contribution is -2.35. The third-order valence-corrected chi connectivity index (χ3v) is 1.18. The van der Waals surface area contributed by atoms with Gasteiger partial charge in [0, 0.05) is 13.2 Å². The maximum atomic E-state index is 11.0. The molecule has 0 atom stereocenters. The summed E-state index contributed by atoms with van der Waals surface area (Å²) in [6, 6.07) is 0.601. The fraction of sp³-hybridized carbons (Fsp3) is 0.167. The van der Waals surface area contributed by atoms with Crippen molar-refractivity contribution in [3.05, 3.63) is 18.0 Å². The fourth-order valence-electron chi connectivity index (χ4n) is 0.712. The van der Waals surface area contributed by atoms with Crippen LogP contribution in [0.25, 0.3) is 0 Å². The molecule has 6 heteroatoms. The predicted molar refractivity (Wildman–Crippen MR) is 40.3 cm³/mol. The summed E-state index contributed by atoms with van der Waals surface area (Å²) in [5.74, 6) is -0.594. The number of primary amides is 1. The average molecular weight is 168 g/mol. The van der Waals surface area contributed by atoms with E-state index < -0.39 is 11.9 Å². The van der Waals surface area contributed by atoms with Crippen LogP contribution in [0, 0.1) is 0 Å². The zero-order valence-electron chi connectivity index (χ0n) is 6.44. The Bertz CT molecular complexity index is 317. The Labute approximate surface area is 68.3 Å². The molecule has 1 heterocycles. The molecule has 6 nitrogen and oxygen atoms in total. The first kappa shape index (κ1) is 8.25. The van der Waals surface area contributed by atoms with Crippen LogP contribution in [0.5, 0.6) is 0 Å². The van der Waals surface area contributed by atoms with Crippen LogP contribution < -0.4 is 11.1 Å². The van der Waals surface area contributed by atoms with E-state index >= 15 is 0 Å². The van der Waals surface area contributed by atoms with E-state index in [2.05, 4.69) is 5.10 Å². The van der Waals surface area contributed by atoms with Crippen LogP contribution >= 0.6 is 0 Å². The fourth-order valence-corrected chi connectivity index (χ4v) is 0.712. The summed E-state index contributed by atoms with van der Waals surface area (Å²) in [7, 11) is 1.67. The van der Waals surface area contributed by atoms with Gasteiger partial charge in [0.1, 0.15) is 0 Å². The molecule has 1 aromatic rings. The summed E-state index contributed by atoms with van der Waals surface area (Å²) >= 11 is 0. The highest BCUT2D eigenvalue weighted by atomic mass is 16.2. The number of hydrogen-bond acceptors (Lipinski definition) is 3. The van der Waals surface area contributed by atoms with E-state index in [1.54, 1.807) is 13.2 Å². The molecule has 0 spiro atoms. The lowest BCUT2D eigenvalue weighted by atomic mass is 10.4. The van der Waals surface area contributed by atoms with Crippen molar-refractivity contribution in [1.29, 1.82) is 0 Å². The van der Waals surface area contributed by atoms with Gasteiger partial charge in [-0.25, -0.2) is 4.79 Å². The van der Waals surface area contributed by atoms with Gasteiger partial charge in [-0.1, -0.05) is 0 Å². The molecule has 0 saturated heterocycles. The number of aromatic nitrogens is 2. The number of imide groups is 1. The van der Waals surface area contributed by atoms with Crippen LogP contribution in [-0.4, -0.2) is 21.7 Å². The highest BCUT2D eigenvalue weighted by molar-refractivity contribution is 6.02. The summed E-state index contributed by atoms with van der Waals surface area (Å²) in [6.07, 6.45) is 1.59. The highest BCUT2D eigenvalue weighted by Gasteiger charge is 2.09. The molecule has 0 fully saturated rings. The van der Waals surface area contributed by atoms with Crippen LogP contribution in [0.15, 0.2) is 12.3 Å². The average Bonchev–Trinajstić information content (AvgIpc) is 2.34. The zero-order chi connectivity index (χ0) is 9.14. The van der Waals surface area contributed by atoms with E-state index in [9.17, 15) is 9.59 Å². The number of nitrogens with two attached hydrogens (primary N) is 1. The Morgan fingerprint density at radius 1 is 1.67 bits per heavy atom. The first-order valence-electron chi connectivity index (χ1n) is 3.20. The van der Waals surface area contributed by atoms with Crippen LogP contribution in [0.1, 0.15) is 10.5 Å². The van der Waals surface area contributed by atoms with Gasteiger partial charge < -0.3 is 5.73 Å². The monoisotopic (exact) mass is 168 g/mol. The first-order valence-corrected chi connectivity index (χ1v) is 3.20. The minimum atomic E-state index is -0.884. The number of aryl methyl sites for hydroxylation is 1. The minimum Gasteiger partial charge on any atom is -0.351 e. The summed E-state index contributed by atoms with van der Waals surface area (Å²) in [5.41, 5.74) is 4.90. The van der Waals surface area contributed by atoms with Crippen LogP contribution in [0.4, 0.5) is 4.79 Å². The summed E-state index contributed by atoms with van der Waals surface area (Å²) in [6.45, 7) is 0. The molecule has 0 aromatic carbocycles. The van der Waals surface area contributed by atoms with Gasteiger partial charge in [-0.15, -0.1) is 0 Å². The molecule has 0 saturated carbocycles. The van der Waals surface area contributed by atoms with Crippen molar-refractivity contribution < 1.29 is 9.59 Å². The molecule has 0 aliphatic heterocycles. The molecule has 64 valence electrons. The van der Waals surface area contributed by atoms with Gasteiger partial charge in [0.2, 0.25) is 0 Å². The van der Waals surface area contributed by atoms with Gasteiger partial charge in [0.05, 0.1) is 0 Å². The van der Waals surface area contributed by atoms with E-state index in [4.69, 9.17) is 5.73 Å². The van der Waals surface area contributed by atoms with Crippen LogP contribution in [0.3, 0.4) is 0 Å². The number of nitrogens with zero attached hydrogens (tertiary/aromatic N) is 2. The SMILES string of the molecule is Cn1ccc(C(=O)NC(N)=O)n1. The van der Waals surface area contributed by atoms with Gasteiger partial charge in [0.15, 0.2) is 5.69 Å². The van der Waals surface area contributed by atoms with E-state index in [0.717, 1.165) is 0 Å². The number of amides is 3. The van der Waals surface area contributed by atoms with Gasteiger partial charge in [-0.3, -0.25) is 14.8 Å². The molecular weight excluding hydrogens is 160 g/mol. The number of carbonyl (C=O) groups is 2. The Morgan fingerprint density at radius 3 is 2.75 bits per heavy atom. The van der Waals surface area contributed by atoms with Crippen molar-refractivity contribution in [3.63, 3.8) is 0 Å². The van der Waals surface area contributed by atoms with E-state index in [1.165, 1.54) is 10.7 Å². The molecule has 0 radical (unpaired) electrons. The lowest BCUT2D eigenvalue weighted by molar-refractivity contribution is 0.0960. The second-order valence-electron chi connectivity index (χ2n) is 2.19. The first-order chi connectivity index (χ1) is 5.59. The number of rotatable bonds is 1. The van der Waals surface area contributed by atoms with E-state index in [0.29, 0.717) is 0 Å². The molecule has 12 heavy (non-hydrogen) atoms. The standard InChI is InChI=1S/C6H8N4O2/c1-10-3-2-4(9-10)5(11)8-6(7)12/h2-3H,1H3,(H3,7,8,11,12). The smallest absolute Gasteiger partial charge is 0.319 e. The summed E-state index contributed by atoms with van der Waals surface area (Å²) in [5, 5.41) is 5.66. The van der Waals surface area contributed by atoms with Gasteiger partial charge in [0.25, 0.3) is 5.91 Å². The number of nitrogens with one attached hydrogen (secondary N) is 1. The van der Waals surface area contributed by atoms with Crippen molar-refractivity contribution in [1.82, 2.24) is 15.1 Å². The van der Waals surface area contributed by atoms with Gasteiger partial charge in [-0.2, -0.15) is 5.10 Å². The third kappa shape index (κ3) is 1.82. The van der Waals surface area contributed by atoms with E-state index in [-0.39, 0.29) is 5.69 Å². The third-order valence-electron chi connectivity index (χ3n) is 1.18. The Balaban J connectivity index is 2.72. The molecule has 0 aliphatic carbocycles. The molecule has 3 amide bonds. The summed E-state index contributed by atoms with van der Waals surface area (Å²) < 4.78 is 1.45. The largest absolute Gasteiger partial charge is 0.351 e. The van der Waals surface area contributed by atoms with Crippen LogP contribution in [-0.2, 0) is 7.05 Å². The van der Waals surface area contributed by atoms with Crippen molar-refractivity contribution in [2.75, 3.05) is 0 Å². The van der Waals surface area contributed by atoms with E-state index in [1.807, 2.05) is 5.32 Å². The summed E-state index contributed by atoms with van der Waals surface area (Å²) in [4.78, 5) is 21.2. The second-order valence-corrected chi connectivity index (χ2v) is 2.19. The molecule has 0 unspecified atom stereocenters. The van der Waals surface area contributed by atoms with Crippen molar-refractivity contribution in [2.45, 2.75) is 0 Å². The maximum Gasteiger partial charge on any atom is 0.319 e. The Morgan fingerprint density at radius 2 is 2.33 bits per heavy atom. The number of hydrogen-bond donors (Lipinski definition) is 2. The lowest BCUT2D eigenvalue weighted by Gasteiger charge is -1.94. The highest BCUT2D eigenvalue weighted by Crippen LogP contribution is 1.92.